The van der Waals surface area contributed by atoms with E-state index in [1.165, 1.54) is 17.9 Å². The van der Waals surface area contributed by atoms with Gasteiger partial charge < -0.3 is 9.84 Å². The molecule has 0 spiro atoms. The first-order chi connectivity index (χ1) is 5.27. The molecule has 1 rings (SSSR count). The molecule has 0 bridgehead atoms. The normalized spacial score (nSPS) is 9.64. The average molecular weight is 188 g/mol. The number of benzene rings is 1. The van der Waals surface area contributed by atoms with E-state index < -0.39 is 0 Å². The highest BCUT2D eigenvalue weighted by atomic mass is 33.1. The molecule has 0 atom stereocenters. The maximum absolute atomic E-state index is 9.17. The molecule has 0 aliphatic carbocycles. The standard InChI is InChI=1S/C7H8O2S2/c1-9-7-4-5(11-10)2-3-6(7)8/h2-4,8,10H,1H3. The molecule has 0 radical (unpaired) electrons. The van der Waals surface area contributed by atoms with Gasteiger partial charge >= 0.3 is 0 Å². The van der Waals surface area contributed by atoms with Crippen LogP contribution in [-0.2, 0) is 0 Å². The molecular weight excluding hydrogens is 180 g/mol. The lowest BCUT2D eigenvalue weighted by atomic mass is 10.3. The van der Waals surface area contributed by atoms with Gasteiger partial charge in [-0.2, -0.15) is 0 Å². The molecule has 60 valence electrons. The van der Waals surface area contributed by atoms with Crippen LogP contribution in [0.3, 0.4) is 0 Å². The molecule has 0 fully saturated rings. The molecule has 1 aromatic carbocycles. The van der Waals surface area contributed by atoms with Crippen LogP contribution in [0.15, 0.2) is 23.1 Å². The van der Waals surface area contributed by atoms with Gasteiger partial charge in [0, 0.05) is 4.90 Å². The van der Waals surface area contributed by atoms with Crippen LogP contribution < -0.4 is 4.74 Å². The summed E-state index contributed by atoms with van der Waals surface area (Å²) in [4.78, 5) is 0.947. The topological polar surface area (TPSA) is 29.5 Å². The van der Waals surface area contributed by atoms with E-state index in [0.717, 1.165) is 4.90 Å². The molecule has 4 heteroatoms. The second kappa shape index (κ2) is 3.78. The molecule has 1 aromatic rings. The molecule has 1 N–H and O–H groups in total. The van der Waals surface area contributed by atoms with Crippen LogP contribution in [0.5, 0.6) is 11.5 Å². The van der Waals surface area contributed by atoms with Gasteiger partial charge in [-0.1, -0.05) is 10.8 Å². The van der Waals surface area contributed by atoms with Gasteiger partial charge in [0.1, 0.15) is 0 Å². The summed E-state index contributed by atoms with van der Waals surface area (Å²) in [6.45, 7) is 0. The molecule has 0 amide bonds. The smallest absolute Gasteiger partial charge is 0.161 e. The van der Waals surface area contributed by atoms with E-state index in [4.69, 9.17) is 4.74 Å². The van der Waals surface area contributed by atoms with Gasteiger partial charge in [0.15, 0.2) is 11.5 Å². The number of phenolic OH excluding ortho intramolecular Hbond substituents is 1. The minimum absolute atomic E-state index is 0.152. The maximum Gasteiger partial charge on any atom is 0.161 e. The number of aromatic hydroxyl groups is 1. The molecule has 0 heterocycles. The first kappa shape index (κ1) is 8.62. The molecule has 0 aliphatic rings. The van der Waals surface area contributed by atoms with Crippen LogP contribution in [0.4, 0.5) is 0 Å². The lowest BCUT2D eigenvalue weighted by Crippen LogP contribution is -1.82. The zero-order chi connectivity index (χ0) is 8.27. The van der Waals surface area contributed by atoms with Gasteiger partial charge in [-0.05, 0) is 18.2 Å². The molecule has 0 aliphatic heterocycles. The number of thiol groups is 1. The van der Waals surface area contributed by atoms with Crippen LogP contribution >= 0.6 is 22.5 Å². The van der Waals surface area contributed by atoms with Crippen molar-refractivity contribution in [1.82, 2.24) is 0 Å². The van der Waals surface area contributed by atoms with Crippen molar-refractivity contribution in [3.05, 3.63) is 18.2 Å². The number of phenols is 1. The van der Waals surface area contributed by atoms with E-state index in [-0.39, 0.29) is 5.75 Å². The summed E-state index contributed by atoms with van der Waals surface area (Å²) in [5.41, 5.74) is 0. The highest BCUT2D eigenvalue weighted by molar-refractivity contribution is 8.68. The minimum Gasteiger partial charge on any atom is -0.504 e. The van der Waals surface area contributed by atoms with Crippen LogP contribution in [0.25, 0.3) is 0 Å². The Labute approximate surface area is 74.4 Å². The van der Waals surface area contributed by atoms with Gasteiger partial charge in [-0.25, -0.2) is 0 Å². The van der Waals surface area contributed by atoms with E-state index in [1.807, 2.05) is 0 Å². The van der Waals surface area contributed by atoms with E-state index in [9.17, 15) is 5.11 Å². The Kier molecular flexibility index (Phi) is 2.96. The molecule has 2 nitrogen and oxygen atoms in total. The fourth-order valence-electron chi connectivity index (χ4n) is 0.715. The van der Waals surface area contributed by atoms with Gasteiger partial charge in [-0.3, -0.25) is 0 Å². The quantitative estimate of drug-likeness (QED) is 0.551. The molecule has 0 saturated carbocycles. The first-order valence-electron chi connectivity index (χ1n) is 2.96. The second-order valence-corrected chi connectivity index (χ2v) is 3.13. The summed E-state index contributed by atoms with van der Waals surface area (Å²) in [5.74, 6) is 0.627. The third-order valence-corrected chi connectivity index (χ3v) is 2.35. The first-order valence-corrected chi connectivity index (χ1v) is 4.83. The Hall–Kier alpha value is -0.480. The minimum atomic E-state index is 0.152. The summed E-state index contributed by atoms with van der Waals surface area (Å²) in [6, 6.07) is 5.08. The summed E-state index contributed by atoms with van der Waals surface area (Å²) < 4.78 is 4.89. The predicted molar refractivity (Wildman–Crippen MR) is 49.5 cm³/mol. The van der Waals surface area contributed by atoms with Gasteiger partial charge in [-0.15, -0.1) is 11.7 Å². The van der Waals surface area contributed by atoms with Gasteiger partial charge in [0.05, 0.1) is 7.11 Å². The van der Waals surface area contributed by atoms with Crippen LogP contribution in [-0.4, -0.2) is 12.2 Å². The third kappa shape index (κ3) is 1.97. The molecular formula is C7H8O2S2. The highest BCUT2D eigenvalue weighted by Crippen LogP contribution is 2.31. The highest BCUT2D eigenvalue weighted by Gasteiger charge is 2.00. The molecule has 0 aromatic heterocycles. The number of rotatable bonds is 2. The summed E-state index contributed by atoms with van der Waals surface area (Å²) >= 11 is 4.01. The summed E-state index contributed by atoms with van der Waals surface area (Å²) in [7, 11) is 2.83. The van der Waals surface area contributed by atoms with Crippen LogP contribution in [0.1, 0.15) is 0 Å². The number of ether oxygens (including phenoxy) is 1. The summed E-state index contributed by atoms with van der Waals surface area (Å²) in [6.07, 6.45) is 0. The number of hydrogen-bond donors (Lipinski definition) is 2. The van der Waals surface area contributed by atoms with Crippen molar-refractivity contribution in [3.63, 3.8) is 0 Å². The monoisotopic (exact) mass is 188 g/mol. The molecule has 0 saturated heterocycles. The zero-order valence-corrected chi connectivity index (χ0v) is 7.65. The van der Waals surface area contributed by atoms with Crippen molar-refractivity contribution in [2.75, 3.05) is 7.11 Å². The van der Waals surface area contributed by atoms with Crippen molar-refractivity contribution < 1.29 is 9.84 Å². The Balaban J connectivity index is 3.02. The van der Waals surface area contributed by atoms with Crippen molar-refractivity contribution >= 4 is 22.5 Å². The zero-order valence-electron chi connectivity index (χ0n) is 5.94. The Morgan fingerprint density at radius 1 is 1.55 bits per heavy atom. The maximum atomic E-state index is 9.17. The fourth-order valence-corrected chi connectivity index (χ4v) is 1.34. The molecule has 11 heavy (non-hydrogen) atoms. The lowest BCUT2D eigenvalue weighted by molar-refractivity contribution is 0.372. The van der Waals surface area contributed by atoms with E-state index in [1.54, 1.807) is 18.2 Å². The Morgan fingerprint density at radius 3 is 2.82 bits per heavy atom. The predicted octanol–water partition coefficient (Wildman–Crippen LogP) is 2.34. The average Bonchev–Trinajstić information content (AvgIpc) is 2.05. The Bertz CT molecular complexity index is 250. The molecule has 0 unspecified atom stereocenters. The van der Waals surface area contributed by atoms with Crippen molar-refractivity contribution in [2.24, 2.45) is 0 Å². The van der Waals surface area contributed by atoms with Crippen LogP contribution in [0, 0.1) is 0 Å². The number of methoxy groups -OCH3 is 1. The summed E-state index contributed by atoms with van der Waals surface area (Å²) in [5, 5.41) is 9.17. The van der Waals surface area contributed by atoms with E-state index >= 15 is 0 Å². The van der Waals surface area contributed by atoms with Crippen LogP contribution in [0.2, 0.25) is 0 Å². The van der Waals surface area contributed by atoms with Gasteiger partial charge in [0.2, 0.25) is 0 Å². The number of hydrogen-bond acceptors (Lipinski definition) is 4. The SMILES string of the molecule is COc1cc(SS)ccc1O. The van der Waals surface area contributed by atoms with Gasteiger partial charge in [0.25, 0.3) is 0 Å². The van der Waals surface area contributed by atoms with Crippen molar-refractivity contribution in [3.8, 4) is 11.5 Å². The third-order valence-electron chi connectivity index (χ3n) is 1.26. The van der Waals surface area contributed by atoms with Crippen molar-refractivity contribution in [2.45, 2.75) is 4.90 Å². The largest absolute Gasteiger partial charge is 0.504 e. The van der Waals surface area contributed by atoms with Crippen molar-refractivity contribution in [1.29, 1.82) is 0 Å². The van der Waals surface area contributed by atoms with E-state index in [0.29, 0.717) is 5.75 Å². The van der Waals surface area contributed by atoms with E-state index in [2.05, 4.69) is 11.7 Å². The Morgan fingerprint density at radius 2 is 2.27 bits per heavy atom. The lowest BCUT2D eigenvalue weighted by Gasteiger charge is -2.03. The second-order valence-electron chi connectivity index (χ2n) is 1.92. The fraction of sp³-hybridized carbons (Fsp3) is 0.143.